The van der Waals surface area contributed by atoms with Crippen LogP contribution in [-0.4, -0.2) is 192 Å². The molecule has 48 heavy (non-hydrogen) atoms. The highest BCUT2D eigenvalue weighted by Crippen LogP contribution is 1.94. The van der Waals surface area contributed by atoms with Crippen molar-refractivity contribution in [1.29, 1.82) is 0 Å². The van der Waals surface area contributed by atoms with E-state index in [1.165, 1.54) is 78.5 Å². The van der Waals surface area contributed by atoms with Crippen molar-refractivity contribution >= 4 is 23.9 Å². The van der Waals surface area contributed by atoms with E-state index < -0.39 is 50.1 Å². The topological polar surface area (TPSA) is 169 Å². The quantitative estimate of drug-likeness (QED) is 0.123. The molecule has 0 fully saturated rings. The van der Waals surface area contributed by atoms with Crippen LogP contribution in [-0.2, 0) is 19.2 Å². The zero-order chi connectivity index (χ0) is 38.5. The molecule has 0 rings (SSSR count). The minimum absolute atomic E-state index is 0.0703. The number of carbonyl (C=O) groups is 4. The number of carboxylic acid groups (broad SMARTS) is 4. The van der Waals surface area contributed by atoms with E-state index >= 15 is 0 Å². The van der Waals surface area contributed by atoms with Gasteiger partial charge in [-0.25, -0.2) is 0 Å². The Morgan fingerprint density at radius 3 is 0.479 bits per heavy atom. The van der Waals surface area contributed by atoms with Crippen molar-refractivity contribution in [2.45, 2.75) is 83.1 Å². The van der Waals surface area contributed by atoms with Gasteiger partial charge in [-0.15, -0.1) is 0 Å². The van der Waals surface area contributed by atoms with Crippen LogP contribution in [0.1, 0.15) is 83.1 Å². The van der Waals surface area contributed by atoms with E-state index in [-0.39, 0.29) is 13.1 Å². The van der Waals surface area contributed by atoms with Gasteiger partial charge in [-0.2, -0.15) is 0 Å². The summed E-state index contributed by atoms with van der Waals surface area (Å²) in [6.45, 7) is 38.2. The number of aliphatic carboxylic acids is 4. The van der Waals surface area contributed by atoms with Crippen LogP contribution in [0.2, 0.25) is 0 Å². The molecule has 14 nitrogen and oxygen atoms in total. The summed E-state index contributed by atoms with van der Waals surface area (Å²) < 4.78 is 0. The van der Waals surface area contributed by atoms with Crippen molar-refractivity contribution in [3.8, 4) is 0 Å². The van der Waals surface area contributed by atoms with E-state index in [2.05, 4.69) is 103 Å². The first kappa shape index (κ1) is 55.1. The van der Waals surface area contributed by atoms with Crippen molar-refractivity contribution in [2.75, 3.05) is 118 Å². The highest BCUT2D eigenvalue weighted by atomic mass is 16.4. The second-order valence-electron chi connectivity index (χ2n) is 10.5. The van der Waals surface area contributed by atoms with E-state index in [9.17, 15) is 19.2 Å². The van der Waals surface area contributed by atoms with Crippen LogP contribution in [0, 0.1) is 0 Å². The molecule has 0 atom stereocenters. The van der Waals surface area contributed by atoms with Crippen LogP contribution in [0.25, 0.3) is 0 Å². The molecule has 0 heterocycles. The van der Waals surface area contributed by atoms with E-state index in [0.29, 0.717) is 0 Å². The zero-order valence-electron chi connectivity index (χ0n) is 32.8. The Morgan fingerprint density at radius 1 is 0.292 bits per heavy atom. The van der Waals surface area contributed by atoms with Gasteiger partial charge in [0.15, 0.2) is 0 Å². The molecular formula is C34H76N6O8. The molecule has 0 radical (unpaired) electrons. The van der Waals surface area contributed by atoms with Crippen molar-refractivity contribution in [1.82, 2.24) is 29.4 Å². The second kappa shape index (κ2) is 40.8. The number of nitrogens with zero attached hydrogens (tertiary/aromatic N) is 6. The summed E-state index contributed by atoms with van der Waals surface area (Å²) in [5.74, 6) is -4.91. The van der Waals surface area contributed by atoms with Gasteiger partial charge in [0.25, 0.3) is 0 Å². The first-order valence-electron chi connectivity index (χ1n) is 17.8. The zero-order valence-corrected chi connectivity index (χ0v) is 32.8. The average Bonchev–Trinajstić information content (AvgIpc) is 3.03. The fourth-order valence-corrected chi connectivity index (χ4v) is 4.16. The third-order valence-corrected chi connectivity index (χ3v) is 7.53. The maximum absolute atomic E-state index is 10.6. The van der Waals surface area contributed by atoms with Gasteiger partial charge in [0.2, 0.25) is 0 Å². The molecule has 0 aromatic carbocycles. The highest BCUT2D eigenvalue weighted by Gasteiger charge is 2.18. The smallest absolute Gasteiger partial charge is 0.317 e. The van der Waals surface area contributed by atoms with Crippen LogP contribution < -0.4 is 0 Å². The fourth-order valence-electron chi connectivity index (χ4n) is 4.16. The third-order valence-electron chi connectivity index (χ3n) is 7.53. The summed E-state index contributed by atoms with van der Waals surface area (Å²) in [6, 6.07) is 0. The lowest BCUT2D eigenvalue weighted by Gasteiger charge is -2.23. The molecular weight excluding hydrogens is 620 g/mol. The van der Waals surface area contributed by atoms with Gasteiger partial charge >= 0.3 is 23.9 Å². The summed E-state index contributed by atoms with van der Waals surface area (Å²) in [4.78, 5) is 53.9. The van der Waals surface area contributed by atoms with Gasteiger partial charge in [-0.05, 0) is 78.5 Å². The minimum Gasteiger partial charge on any atom is -0.480 e. The lowest BCUT2D eigenvalue weighted by atomic mass is 10.4. The Morgan fingerprint density at radius 2 is 0.417 bits per heavy atom. The molecule has 0 aliphatic heterocycles. The lowest BCUT2D eigenvalue weighted by Crippen LogP contribution is -2.43. The Hall–Kier alpha value is -2.36. The number of carboxylic acids is 4. The third kappa shape index (κ3) is 43.6. The molecule has 290 valence electrons. The monoisotopic (exact) mass is 697 g/mol. The van der Waals surface area contributed by atoms with E-state index in [1.54, 1.807) is 0 Å². The number of rotatable bonds is 23. The molecule has 0 bridgehead atoms. The van der Waals surface area contributed by atoms with E-state index in [0.717, 1.165) is 9.80 Å². The van der Waals surface area contributed by atoms with Gasteiger partial charge in [0, 0.05) is 13.1 Å². The predicted molar refractivity (Wildman–Crippen MR) is 197 cm³/mol. The number of hydrogen-bond donors (Lipinski definition) is 4. The maximum atomic E-state index is 10.6. The van der Waals surface area contributed by atoms with Crippen molar-refractivity contribution in [3.63, 3.8) is 0 Å². The molecule has 4 N–H and O–H groups in total. The molecule has 0 spiro atoms. The van der Waals surface area contributed by atoms with Crippen LogP contribution >= 0.6 is 0 Å². The first-order chi connectivity index (χ1) is 22.6. The maximum Gasteiger partial charge on any atom is 0.317 e. The fraction of sp³-hybridized carbons (Fsp3) is 0.882. The van der Waals surface area contributed by atoms with Gasteiger partial charge in [0.05, 0.1) is 26.2 Å². The summed E-state index contributed by atoms with van der Waals surface area (Å²) in [6.07, 6.45) is 0. The van der Waals surface area contributed by atoms with Gasteiger partial charge in [-0.3, -0.25) is 29.0 Å². The summed E-state index contributed by atoms with van der Waals surface area (Å²) in [7, 11) is 0. The van der Waals surface area contributed by atoms with Gasteiger partial charge < -0.3 is 40.0 Å². The van der Waals surface area contributed by atoms with Crippen molar-refractivity contribution in [2.24, 2.45) is 0 Å². The molecule has 0 aliphatic rings. The minimum atomic E-state index is -1.23. The molecule has 0 saturated carbocycles. The van der Waals surface area contributed by atoms with E-state index in [4.69, 9.17) is 20.4 Å². The normalized spacial score (nSPS) is 10.5. The average molecular weight is 697 g/mol. The predicted octanol–water partition coefficient (Wildman–Crippen LogP) is 3.32. The second-order valence-corrected chi connectivity index (χ2v) is 10.5. The molecule has 0 aromatic rings. The van der Waals surface area contributed by atoms with Crippen LogP contribution in [0.5, 0.6) is 0 Å². The van der Waals surface area contributed by atoms with Crippen LogP contribution in [0.15, 0.2) is 0 Å². The Balaban J connectivity index is -0.000000181. The van der Waals surface area contributed by atoms with E-state index in [1.807, 2.05) is 0 Å². The Labute approximate surface area is 293 Å². The van der Waals surface area contributed by atoms with Crippen LogP contribution in [0.3, 0.4) is 0 Å². The lowest BCUT2D eigenvalue weighted by molar-refractivity contribution is -0.145. The van der Waals surface area contributed by atoms with Gasteiger partial charge in [0.1, 0.15) is 0 Å². The van der Waals surface area contributed by atoms with Gasteiger partial charge in [-0.1, -0.05) is 83.1 Å². The SMILES string of the molecule is CCN(CC)CC.CCN(CC)CC.CCN(CC)CC.CCN(CC)CC.O=C(O)CN(CCN(CC(=O)O)CC(=O)O)CC(=O)O. The summed E-state index contributed by atoms with van der Waals surface area (Å²) in [5.41, 5.74) is 0. The highest BCUT2D eigenvalue weighted by molar-refractivity contribution is 5.73. The molecule has 0 amide bonds. The summed E-state index contributed by atoms with van der Waals surface area (Å²) in [5, 5.41) is 34.5. The molecule has 0 unspecified atom stereocenters. The van der Waals surface area contributed by atoms with Crippen molar-refractivity contribution in [3.05, 3.63) is 0 Å². The Kier molecular flexibility index (Phi) is 46.8. The summed E-state index contributed by atoms with van der Waals surface area (Å²) >= 11 is 0. The molecule has 0 saturated heterocycles. The standard InChI is InChI=1S/C10H16N2O8.4C6H15N/c13-7(14)3-11(4-8(15)16)1-2-12(5-9(17)18)6-10(19)20;4*1-4-7(5-2)6-3/h1-6H2,(H,13,14)(H,15,16)(H,17,18)(H,19,20);4*4-6H2,1-3H3. The molecule has 0 aromatic heterocycles. The largest absolute Gasteiger partial charge is 0.480 e. The van der Waals surface area contributed by atoms with Crippen molar-refractivity contribution < 1.29 is 39.6 Å². The first-order valence-corrected chi connectivity index (χ1v) is 17.8. The Bertz CT molecular complexity index is 594. The molecule has 14 heteroatoms. The molecule has 0 aliphatic carbocycles. The number of hydrogen-bond acceptors (Lipinski definition) is 10. The van der Waals surface area contributed by atoms with Crippen LogP contribution in [0.4, 0.5) is 0 Å².